The molecule has 0 atom stereocenters. The van der Waals surface area contributed by atoms with Crippen molar-refractivity contribution >= 4 is 35.0 Å². The molecule has 1 aromatic carbocycles. The van der Waals surface area contributed by atoms with Gasteiger partial charge in [-0.15, -0.1) is 11.6 Å². The molecule has 0 aliphatic carbocycles. The minimum absolute atomic E-state index is 0.143. The average molecular weight is 284 g/mol. The Balaban J connectivity index is 2.55. The first-order valence-corrected chi connectivity index (χ1v) is 6.13. The van der Waals surface area contributed by atoms with Crippen LogP contribution in [0.4, 0.5) is 5.69 Å². The fourth-order valence-corrected chi connectivity index (χ4v) is 1.41. The van der Waals surface area contributed by atoms with E-state index < -0.39 is 17.7 Å². The summed E-state index contributed by atoms with van der Waals surface area (Å²) in [5, 5.41) is 4.30. The highest BCUT2D eigenvalue weighted by atomic mass is 35.5. The molecule has 0 aliphatic heterocycles. The van der Waals surface area contributed by atoms with Crippen LogP contribution in [0.2, 0.25) is 0 Å². The molecule has 0 saturated carbocycles. The molecule has 0 saturated heterocycles. The second-order valence-electron chi connectivity index (χ2n) is 3.67. The summed E-state index contributed by atoms with van der Waals surface area (Å²) in [6.07, 6.45) is 0.542. The molecule has 0 fully saturated rings. The Morgan fingerprint density at radius 3 is 2.47 bits per heavy atom. The number of amides is 3. The highest BCUT2D eigenvalue weighted by Gasteiger charge is 2.18. The standard InChI is InChI=1S/C12H14ClN3O3/c13-6-3-7-15-11(18)12(19)16-10(17)8-4-1-2-5-9(8)14/h1-2,4-5H,3,6-7,14H2,(H,15,18)(H,16,17,19). The van der Waals surface area contributed by atoms with E-state index in [-0.39, 0.29) is 17.8 Å². The van der Waals surface area contributed by atoms with Crippen molar-refractivity contribution in [2.75, 3.05) is 18.2 Å². The lowest BCUT2D eigenvalue weighted by Gasteiger charge is -2.06. The average Bonchev–Trinajstić information content (AvgIpc) is 2.39. The van der Waals surface area contributed by atoms with Crippen LogP contribution in [0.1, 0.15) is 16.8 Å². The van der Waals surface area contributed by atoms with Gasteiger partial charge in [-0.3, -0.25) is 19.7 Å². The van der Waals surface area contributed by atoms with E-state index in [1.54, 1.807) is 12.1 Å². The first-order valence-electron chi connectivity index (χ1n) is 5.60. The molecule has 7 heteroatoms. The fourth-order valence-electron chi connectivity index (χ4n) is 1.28. The van der Waals surface area contributed by atoms with Gasteiger partial charge in [0.1, 0.15) is 0 Å². The maximum Gasteiger partial charge on any atom is 0.316 e. The van der Waals surface area contributed by atoms with Crippen molar-refractivity contribution in [1.29, 1.82) is 0 Å². The monoisotopic (exact) mass is 283 g/mol. The van der Waals surface area contributed by atoms with E-state index in [0.29, 0.717) is 12.3 Å². The highest BCUT2D eigenvalue weighted by molar-refractivity contribution is 6.38. The van der Waals surface area contributed by atoms with Gasteiger partial charge in [0.05, 0.1) is 5.56 Å². The third-order valence-electron chi connectivity index (χ3n) is 2.23. The van der Waals surface area contributed by atoms with Gasteiger partial charge in [-0.25, -0.2) is 0 Å². The van der Waals surface area contributed by atoms with Gasteiger partial charge in [0.25, 0.3) is 5.91 Å². The molecular formula is C12H14ClN3O3. The van der Waals surface area contributed by atoms with Crippen molar-refractivity contribution in [3.05, 3.63) is 29.8 Å². The first-order chi connectivity index (χ1) is 9.06. The molecule has 0 heterocycles. The highest BCUT2D eigenvalue weighted by Crippen LogP contribution is 2.09. The van der Waals surface area contributed by atoms with E-state index in [0.717, 1.165) is 0 Å². The Hall–Kier alpha value is -2.08. The molecule has 1 aromatic rings. The van der Waals surface area contributed by atoms with Gasteiger partial charge in [0, 0.05) is 18.1 Å². The van der Waals surface area contributed by atoms with Gasteiger partial charge >= 0.3 is 11.8 Å². The number of imide groups is 1. The number of anilines is 1. The van der Waals surface area contributed by atoms with Crippen LogP contribution in [0.15, 0.2) is 24.3 Å². The number of carbonyl (C=O) groups is 3. The van der Waals surface area contributed by atoms with E-state index in [2.05, 4.69) is 5.32 Å². The van der Waals surface area contributed by atoms with Crippen LogP contribution in [-0.4, -0.2) is 30.1 Å². The number of hydrogen-bond donors (Lipinski definition) is 3. The number of alkyl halides is 1. The maximum absolute atomic E-state index is 11.7. The molecule has 102 valence electrons. The Bertz CT molecular complexity index is 491. The summed E-state index contributed by atoms with van der Waals surface area (Å²) >= 11 is 5.43. The molecule has 0 aromatic heterocycles. The number of para-hydroxylation sites is 1. The lowest BCUT2D eigenvalue weighted by molar-refractivity contribution is -0.138. The summed E-state index contributed by atoms with van der Waals surface area (Å²) < 4.78 is 0. The second kappa shape index (κ2) is 7.38. The SMILES string of the molecule is Nc1ccccc1C(=O)NC(=O)C(=O)NCCCCl. The molecular weight excluding hydrogens is 270 g/mol. The summed E-state index contributed by atoms with van der Waals surface area (Å²) in [5.41, 5.74) is 5.96. The Morgan fingerprint density at radius 1 is 1.16 bits per heavy atom. The number of rotatable bonds is 4. The third kappa shape index (κ3) is 4.59. The molecule has 1 rings (SSSR count). The van der Waals surface area contributed by atoms with Crippen molar-refractivity contribution in [3.8, 4) is 0 Å². The number of hydrogen-bond acceptors (Lipinski definition) is 4. The zero-order valence-corrected chi connectivity index (χ0v) is 10.9. The number of nitrogens with one attached hydrogen (secondary N) is 2. The van der Waals surface area contributed by atoms with Crippen LogP contribution in [0.3, 0.4) is 0 Å². The van der Waals surface area contributed by atoms with Crippen LogP contribution in [0, 0.1) is 0 Å². The fraction of sp³-hybridized carbons (Fsp3) is 0.250. The minimum Gasteiger partial charge on any atom is -0.398 e. The van der Waals surface area contributed by atoms with Crippen LogP contribution in [0.25, 0.3) is 0 Å². The molecule has 0 unspecified atom stereocenters. The normalized spacial score (nSPS) is 9.74. The zero-order chi connectivity index (χ0) is 14.3. The smallest absolute Gasteiger partial charge is 0.316 e. The summed E-state index contributed by atoms with van der Waals surface area (Å²) in [7, 11) is 0. The van der Waals surface area contributed by atoms with Gasteiger partial charge in [-0.05, 0) is 18.6 Å². The molecule has 4 N–H and O–H groups in total. The molecule has 0 spiro atoms. The van der Waals surface area contributed by atoms with E-state index in [1.165, 1.54) is 12.1 Å². The van der Waals surface area contributed by atoms with Gasteiger partial charge in [0.15, 0.2) is 0 Å². The van der Waals surface area contributed by atoms with Crippen molar-refractivity contribution in [1.82, 2.24) is 10.6 Å². The van der Waals surface area contributed by atoms with Crippen molar-refractivity contribution in [3.63, 3.8) is 0 Å². The van der Waals surface area contributed by atoms with Gasteiger partial charge in [-0.1, -0.05) is 12.1 Å². The van der Waals surface area contributed by atoms with Gasteiger partial charge in [0.2, 0.25) is 0 Å². The zero-order valence-electron chi connectivity index (χ0n) is 10.1. The maximum atomic E-state index is 11.7. The number of nitrogen functional groups attached to an aromatic ring is 1. The predicted molar refractivity (Wildman–Crippen MR) is 71.7 cm³/mol. The molecule has 0 aliphatic rings. The summed E-state index contributed by atoms with van der Waals surface area (Å²) in [6.45, 7) is 0.275. The minimum atomic E-state index is -1.03. The van der Waals surface area contributed by atoms with E-state index in [9.17, 15) is 14.4 Å². The van der Waals surface area contributed by atoms with Crippen LogP contribution in [-0.2, 0) is 9.59 Å². The largest absolute Gasteiger partial charge is 0.398 e. The van der Waals surface area contributed by atoms with E-state index in [1.807, 2.05) is 5.32 Å². The number of halogens is 1. The number of carbonyl (C=O) groups excluding carboxylic acids is 3. The molecule has 0 radical (unpaired) electrons. The van der Waals surface area contributed by atoms with Crippen molar-refractivity contribution in [2.24, 2.45) is 0 Å². The summed E-state index contributed by atoms with van der Waals surface area (Å²) in [5.74, 6) is -2.24. The predicted octanol–water partition coefficient (Wildman–Crippen LogP) is 0.270. The summed E-state index contributed by atoms with van der Waals surface area (Å²) in [4.78, 5) is 34.4. The molecule has 6 nitrogen and oxygen atoms in total. The van der Waals surface area contributed by atoms with Crippen LogP contribution in [0.5, 0.6) is 0 Å². The summed E-state index contributed by atoms with van der Waals surface area (Å²) in [6, 6.07) is 6.26. The Kier molecular flexibility index (Phi) is 5.81. The topological polar surface area (TPSA) is 101 Å². The number of benzene rings is 1. The van der Waals surface area contributed by atoms with Crippen molar-refractivity contribution in [2.45, 2.75) is 6.42 Å². The third-order valence-corrected chi connectivity index (χ3v) is 2.50. The van der Waals surface area contributed by atoms with E-state index in [4.69, 9.17) is 17.3 Å². The lowest BCUT2D eigenvalue weighted by atomic mass is 10.1. The molecule has 19 heavy (non-hydrogen) atoms. The first kappa shape index (κ1) is 15.0. The number of nitrogens with two attached hydrogens (primary N) is 1. The lowest BCUT2D eigenvalue weighted by Crippen LogP contribution is -2.43. The Labute approximate surface area is 115 Å². The molecule has 0 bridgehead atoms. The second-order valence-corrected chi connectivity index (χ2v) is 4.05. The molecule has 3 amide bonds. The van der Waals surface area contributed by atoms with E-state index >= 15 is 0 Å². The van der Waals surface area contributed by atoms with Gasteiger partial charge in [-0.2, -0.15) is 0 Å². The Morgan fingerprint density at radius 2 is 1.84 bits per heavy atom. The van der Waals surface area contributed by atoms with Gasteiger partial charge < -0.3 is 11.1 Å². The van der Waals surface area contributed by atoms with Crippen LogP contribution < -0.4 is 16.4 Å². The van der Waals surface area contributed by atoms with Crippen LogP contribution >= 0.6 is 11.6 Å². The van der Waals surface area contributed by atoms with Crippen molar-refractivity contribution < 1.29 is 14.4 Å². The quantitative estimate of drug-likeness (QED) is 0.319.